The van der Waals surface area contributed by atoms with Crippen molar-refractivity contribution in [3.8, 4) is 0 Å². The smallest absolute Gasteiger partial charge is 0.0897 e. The molecule has 4 nitrogen and oxygen atoms in total. The molecule has 0 bridgehead atoms. The minimum absolute atomic E-state index is 0.237. The molecule has 21 heavy (non-hydrogen) atoms. The van der Waals surface area contributed by atoms with Crippen molar-refractivity contribution in [3.63, 3.8) is 0 Å². The van der Waals surface area contributed by atoms with E-state index in [1.54, 1.807) is 7.11 Å². The van der Waals surface area contributed by atoms with Crippen molar-refractivity contribution in [2.75, 3.05) is 26.9 Å². The fraction of sp³-hybridized carbons (Fsp3) is 0.625. The van der Waals surface area contributed by atoms with Crippen LogP contribution in [-0.4, -0.2) is 44.1 Å². The summed E-state index contributed by atoms with van der Waals surface area (Å²) in [7, 11) is 1.68. The zero-order chi connectivity index (χ0) is 15.7. The third kappa shape index (κ3) is 7.79. The van der Waals surface area contributed by atoms with Gasteiger partial charge >= 0.3 is 0 Å². The molecule has 0 aliphatic carbocycles. The molecule has 0 fully saturated rings. The minimum atomic E-state index is -0.532. The highest BCUT2D eigenvalue weighted by atomic mass is 35.5. The topological polar surface area (TPSA) is 50.7 Å². The zero-order valence-corrected chi connectivity index (χ0v) is 13.8. The maximum absolute atomic E-state index is 9.92. The average Bonchev–Trinajstić information content (AvgIpc) is 2.45. The first kappa shape index (κ1) is 18.4. The Morgan fingerprint density at radius 2 is 1.86 bits per heavy atom. The maximum Gasteiger partial charge on any atom is 0.0897 e. The summed E-state index contributed by atoms with van der Waals surface area (Å²) in [6.07, 6.45) is -0.532. The second kappa shape index (κ2) is 10.1. The van der Waals surface area contributed by atoms with Gasteiger partial charge in [0.15, 0.2) is 0 Å². The SMILES string of the molecule is COCC(NCC(O)COCc1ccc(Cl)cc1)C(C)C. The van der Waals surface area contributed by atoms with Crippen LogP contribution in [0.25, 0.3) is 0 Å². The number of nitrogens with one attached hydrogen (secondary N) is 1. The fourth-order valence-electron chi connectivity index (χ4n) is 1.91. The van der Waals surface area contributed by atoms with Gasteiger partial charge in [0.05, 0.1) is 25.9 Å². The van der Waals surface area contributed by atoms with E-state index in [2.05, 4.69) is 19.2 Å². The molecule has 2 unspecified atom stereocenters. The van der Waals surface area contributed by atoms with Gasteiger partial charge in [-0.25, -0.2) is 0 Å². The molecule has 1 aromatic carbocycles. The lowest BCUT2D eigenvalue weighted by Crippen LogP contribution is -2.42. The van der Waals surface area contributed by atoms with Crippen molar-refractivity contribution >= 4 is 11.6 Å². The van der Waals surface area contributed by atoms with Gasteiger partial charge in [-0.15, -0.1) is 0 Å². The summed E-state index contributed by atoms with van der Waals surface area (Å²) in [5.74, 6) is 0.451. The van der Waals surface area contributed by atoms with Crippen LogP contribution >= 0.6 is 11.6 Å². The number of ether oxygens (including phenoxy) is 2. The molecule has 1 aromatic rings. The van der Waals surface area contributed by atoms with E-state index < -0.39 is 6.10 Å². The molecule has 2 N–H and O–H groups in total. The third-order valence-electron chi connectivity index (χ3n) is 3.26. The number of benzene rings is 1. The molecule has 0 spiro atoms. The number of methoxy groups -OCH3 is 1. The number of hydrogen-bond acceptors (Lipinski definition) is 4. The molecule has 0 amide bonds. The van der Waals surface area contributed by atoms with Crippen LogP contribution in [0.5, 0.6) is 0 Å². The summed E-state index contributed by atoms with van der Waals surface area (Å²) in [6.45, 7) is 6.15. The molecule has 0 saturated carbocycles. The van der Waals surface area contributed by atoms with Gasteiger partial charge < -0.3 is 19.9 Å². The third-order valence-corrected chi connectivity index (χ3v) is 3.51. The summed E-state index contributed by atoms with van der Waals surface area (Å²) in [6, 6.07) is 7.73. The lowest BCUT2D eigenvalue weighted by Gasteiger charge is -2.23. The molecule has 1 rings (SSSR count). The summed E-state index contributed by atoms with van der Waals surface area (Å²) in [5, 5.41) is 13.9. The Kier molecular flexibility index (Phi) is 8.88. The van der Waals surface area contributed by atoms with Crippen LogP contribution in [0.2, 0.25) is 5.02 Å². The highest BCUT2D eigenvalue weighted by molar-refractivity contribution is 6.30. The molecule has 0 saturated heterocycles. The molecule has 2 atom stereocenters. The van der Waals surface area contributed by atoms with Gasteiger partial charge in [-0.3, -0.25) is 0 Å². The summed E-state index contributed by atoms with van der Waals surface area (Å²) < 4.78 is 10.7. The van der Waals surface area contributed by atoms with E-state index in [4.69, 9.17) is 21.1 Å². The molecule has 0 aliphatic rings. The van der Waals surface area contributed by atoms with Crippen LogP contribution in [0.3, 0.4) is 0 Å². The lowest BCUT2D eigenvalue weighted by atomic mass is 10.1. The highest BCUT2D eigenvalue weighted by Gasteiger charge is 2.14. The van der Waals surface area contributed by atoms with Crippen LogP contribution in [-0.2, 0) is 16.1 Å². The first-order valence-corrected chi connectivity index (χ1v) is 7.63. The Labute approximate surface area is 132 Å². The lowest BCUT2D eigenvalue weighted by molar-refractivity contribution is 0.0246. The van der Waals surface area contributed by atoms with E-state index in [0.717, 1.165) is 5.56 Å². The van der Waals surface area contributed by atoms with Crippen molar-refractivity contribution in [1.82, 2.24) is 5.32 Å². The van der Waals surface area contributed by atoms with Crippen molar-refractivity contribution in [2.45, 2.75) is 32.6 Å². The number of aliphatic hydroxyl groups excluding tert-OH is 1. The van der Waals surface area contributed by atoms with Crippen molar-refractivity contribution < 1.29 is 14.6 Å². The Hall–Kier alpha value is -0.650. The molecule has 5 heteroatoms. The van der Waals surface area contributed by atoms with Gasteiger partial charge in [0, 0.05) is 24.7 Å². The van der Waals surface area contributed by atoms with Gasteiger partial charge in [0.25, 0.3) is 0 Å². The first-order chi connectivity index (χ1) is 10.0. The molecule has 0 aliphatic heterocycles. The van der Waals surface area contributed by atoms with Gasteiger partial charge in [-0.2, -0.15) is 0 Å². The van der Waals surface area contributed by atoms with E-state index in [1.165, 1.54) is 0 Å². The second-order valence-corrected chi connectivity index (χ2v) is 5.95. The average molecular weight is 316 g/mol. The van der Waals surface area contributed by atoms with Gasteiger partial charge in [0.1, 0.15) is 0 Å². The van der Waals surface area contributed by atoms with E-state index >= 15 is 0 Å². The second-order valence-electron chi connectivity index (χ2n) is 5.51. The van der Waals surface area contributed by atoms with Crippen molar-refractivity contribution in [2.24, 2.45) is 5.92 Å². The van der Waals surface area contributed by atoms with Crippen molar-refractivity contribution in [1.29, 1.82) is 0 Å². The summed E-state index contributed by atoms with van der Waals surface area (Å²) in [4.78, 5) is 0. The molecular weight excluding hydrogens is 290 g/mol. The molecular formula is C16H26ClNO3. The normalized spacial score (nSPS) is 14.4. The Bertz CT molecular complexity index is 384. The number of hydrogen-bond donors (Lipinski definition) is 2. The minimum Gasteiger partial charge on any atom is -0.389 e. The molecule has 0 heterocycles. The highest BCUT2D eigenvalue weighted by Crippen LogP contribution is 2.10. The van der Waals surface area contributed by atoms with E-state index in [-0.39, 0.29) is 6.04 Å². The van der Waals surface area contributed by atoms with E-state index in [1.807, 2.05) is 24.3 Å². The van der Waals surface area contributed by atoms with Crippen LogP contribution in [0.4, 0.5) is 0 Å². The van der Waals surface area contributed by atoms with Crippen LogP contribution < -0.4 is 5.32 Å². The Balaban J connectivity index is 2.21. The molecule has 0 aromatic heterocycles. The fourth-order valence-corrected chi connectivity index (χ4v) is 2.03. The van der Waals surface area contributed by atoms with Gasteiger partial charge in [-0.05, 0) is 23.6 Å². The summed E-state index contributed by atoms with van der Waals surface area (Å²) >= 11 is 5.82. The Morgan fingerprint density at radius 1 is 1.19 bits per heavy atom. The van der Waals surface area contributed by atoms with Gasteiger partial charge in [-0.1, -0.05) is 37.6 Å². The largest absolute Gasteiger partial charge is 0.389 e. The van der Waals surface area contributed by atoms with Crippen LogP contribution in [0.15, 0.2) is 24.3 Å². The number of halogens is 1. The van der Waals surface area contributed by atoms with Crippen LogP contribution in [0.1, 0.15) is 19.4 Å². The molecule has 0 radical (unpaired) electrons. The molecule has 120 valence electrons. The standard InChI is InChI=1S/C16H26ClNO3/c1-12(2)16(11-20-3)18-8-15(19)10-21-9-13-4-6-14(17)7-5-13/h4-7,12,15-16,18-19H,8-11H2,1-3H3. The monoisotopic (exact) mass is 315 g/mol. The maximum atomic E-state index is 9.92. The summed E-state index contributed by atoms with van der Waals surface area (Å²) in [5.41, 5.74) is 1.04. The zero-order valence-electron chi connectivity index (χ0n) is 13.0. The van der Waals surface area contributed by atoms with Crippen molar-refractivity contribution in [3.05, 3.63) is 34.9 Å². The van der Waals surface area contributed by atoms with E-state index in [0.29, 0.717) is 37.3 Å². The quantitative estimate of drug-likeness (QED) is 0.696. The predicted molar refractivity (Wildman–Crippen MR) is 85.6 cm³/mol. The number of aliphatic hydroxyl groups is 1. The number of rotatable bonds is 10. The Morgan fingerprint density at radius 3 is 2.43 bits per heavy atom. The predicted octanol–water partition coefficient (Wildman–Crippen LogP) is 2.48. The van der Waals surface area contributed by atoms with E-state index in [9.17, 15) is 5.11 Å². The first-order valence-electron chi connectivity index (χ1n) is 7.25. The van der Waals surface area contributed by atoms with Gasteiger partial charge in [0.2, 0.25) is 0 Å². The van der Waals surface area contributed by atoms with Crippen LogP contribution in [0, 0.1) is 5.92 Å².